The van der Waals surface area contributed by atoms with Crippen molar-refractivity contribution in [1.29, 1.82) is 5.26 Å². The number of piperazine rings is 1. The molecule has 218 valence electrons. The predicted octanol–water partition coefficient (Wildman–Crippen LogP) is 5.93. The first kappa shape index (κ1) is 30.8. The van der Waals surface area contributed by atoms with Gasteiger partial charge < -0.3 is 9.80 Å². The van der Waals surface area contributed by atoms with Gasteiger partial charge in [-0.2, -0.15) is 5.26 Å². The Morgan fingerprint density at radius 3 is 2.41 bits per heavy atom. The van der Waals surface area contributed by atoms with E-state index in [1.165, 1.54) is 17.8 Å². The molecule has 41 heavy (non-hydrogen) atoms. The number of thioether (sulfide) groups is 1. The van der Waals surface area contributed by atoms with Crippen molar-refractivity contribution in [3.05, 3.63) is 62.0 Å². The quantitative estimate of drug-likeness (QED) is 0.249. The standard InChI is InChI=1S/C31H38FN5O2S2/c1-5-8-11-22(6-2)20-37-30(39)27(41-31(37)40)18-23-21(4)24(19-33)29(38)36(7-3)28(23)35-16-14-34(15-17-35)26-13-10-9-12-25(26)32/h9-10,12-13,18,22H,5-8,11,14-17,20H2,1-4H3. The lowest BCUT2D eigenvalue weighted by Gasteiger charge is -2.39. The number of pyridine rings is 1. The fourth-order valence-electron chi connectivity index (χ4n) is 5.61. The molecule has 1 aromatic carbocycles. The van der Waals surface area contributed by atoms with Crippen LogP contribution >= 0.6 is 24.0 Å². The molecule has 1 amide bonds. The Hall–Kier alpha value is -3.16. The molecule has 1 unspecified atom stereocenters. The third-order valence-corrected chi connectivity index (χ3v) is 9.45. The highest BCUT2D eigenvalue weighted by Gasteiger charge is 2.34. The molecule has 2 fully saturated rings. The number of hydrogen-bond acceptors (Lipinski definition) is 7. The smallest absolute Gasteiger partial charge is 0.270 e. The molecule has 10 heteroatoms. The number of amides is 1. The van der Waals surface area contributed by atoms with Gasteiger partial charge in [0.15, 0.2) is 0 Å². The van der Waals surface area contributed by atoms with Gasteiger partial charge in [-0.15, -0.1) is 0 Å². The number of carbonyl (C=O) groups excluding carboxylic acids is 1. The summed E-state index contributed by atoms with van der Waals surface area (Å²) in [6.45, 7) is 11.2. The molecule has 0 saturated carbocycles. The highest BCUT2D eigenvalue weighted by molar-refractivity contribution is 8.26. The number of rotatable bonds is 10. The van der Waals surface area contributed by atoms with Crippen LogP contribution in [0.3, 0.4) is 0 Å². The van der Waals surface area contributed by atoms with Crippen LogP contribution in [-0.2, 0) is 11.3 Å². The van der Waals surface area contributed by atoms with E-state index in [0.717, 1.165) is 25.7 Å². The van der Waals surface area contributed by atoms with Crippen LogP contribution in [0.4, 0.5) is 15.9 Å². The van der Waals surface area contributed by atoms with E-state index < -0.39 is 0 Å². The summed E-state index contributed by atoms with van der Waals surface area (Å²) >= 11 is 6.92. The van der Waals surface area contributed by atoms with Crippen molar-refractivity contribution < 1.29 is 9.18 Å². The zero-order chi connectivity index (χ0) is 29.7. The Bertz CT molecular complexity index is 1440. The number of hydrogen-bond donors (Lipinski definition) is 0. The van der Waals surface area contributed by atoms with Crippen molar-refractivity contribution in [3.8, 4) is 6.07 Å². The fraction of sp³-hybridized carbons (Fsp3) is 0.484. The predicted molar refractivity (Wildman–Crippen MR) is 170 cm³/mol. The van der Waals surface area contributed by atoms with Gasteiger partial charge in [0.25, 0.3) is 11.5 Å². The van der Waals surface area contributed by atoms with Crippen LogP contribution in [0.1, 0.15) is 63.1 Å². The molecular weight excluding hydrogens is 558 g/mol. The maximum atomic E-state index is 14.5. The third-order valence-electron chi connectivity index (χ3n) is 8.07. The molecule has 2 aliphatic heterocycles. The average molecular weight is 596 g/mol. The summed E-state index contributed by atoms with van der Waals surface area (Å²) in [7, 11) is 0. The second kappa shape index (κ2) is 13.7. The number of carbonyl (C=O) groups is 1. The van der Waals surface area contributed by atoms with Gasteiger partial charge in [0.1, 0.15) is 27.6 Å². The minimum atomic E-state index is -0.342. The summed E-state index contributed by atoms with van der Waals surface area (Å²) < 4.78 is 16.6. The number of anilines is 2. The van der Waals surface area contributed by atoms with Crippen molar-refractivity contribution in [2.24, 2.45) is 5.92 Å². The topological polar surface area (TPSA) is 72.6 Å². The lowest BCUT2D eigenvalue weighted by Crippen LogP contribution is -2.49. The van der Waals surface area contributed by atoms with E-state index in [0.29, 0.717) is 77.0 Å². The van der Waals surface area contributed by atoms with Crippen molar-refractivity contribution in [3.63, 3.8) is 0 Å². The first-order chi connectivity index (χ1) is 19.7. The largest absolute Gasteiger partial charge is 0.366 e. The number of halogens is 1. The lowest BCUT2D eigenvalue weighted by molar-refractivity contribution is -0.122. The minimum absolute atomic E-state index is 0.0768. The van der Waals surface area contributed by atoms with Gasteiger partial charge in [0, 0.05) is 44.8 Å². The van der Waals surface area contributed by atoms with E-state index >= 15 is 0 Å². The van der Waals surface area contributed by atoms with Crippen molar-refractivity contribution in [1.82, 2.24) is 9.47 Å². The molecule has 2 aromatic rings. The van der Waals surface area contributed by atoms with Crippen LogP contribution < -0.4 is 15.4 Å². The van der Waals surface area contributed by atoms with Gasteiger partial charge in [0.05, 0.1) is 10.6 Å². The van der Waals surface area contributed by atoms with E-state index in [-0.39, 0.29) is 22.8 Å². The molecule has 1 aromatic heterocycles. The van der Waals surface area contributed by atoms with Gasteiger partial charge in [-0.05, 0) is 50.0 Å². The van der Waals surface area contributed by atoms with Crippen LogP contribution in [0.5, 0.6) is 0 Å². The maximum absolute atomic E-state index is 14.5. The first-order valence-corrected chi connectivity index (χ1v) is 15.6. The Morgan fingerprint density at radius 1 is 1.12 bits per heavy atom. The van der Waals surface area contributed by atoms with E-state index in [4.69, 9.17) is 12.2 Å². The Morgan fingerprint density at radius 2 is 1.80 bits per heavy atom. The van der Waals surface area contributed by atoms with E-state index in [2.05, 4.69) is 24.8 Å². The summed E-state index contributed by atoms with van der Waals surface area (Å²) in [6, 6.07) is 8.83. The van der Waals surface area contributed by atoms with Crippen molar-refractivity contribution in [2.45, 2.75) is 59.9 Å². The molecule has 0 radical (unpaired) electrons. The van der Waals surface area contributed by atoms with E-state index in [1.54, 1.807) is 28.5 Å². The van der Waals surface area contributed by atoms with E-state index in [1.807, 2.05) is 24.0 Å². The first-order valence-electron chi connectivity index (χ1n) is 14.4. The highest BCUT2D eigenvalue weighted by Crippen LogP contribution is 2.37. The van der Waals surface area contributed by atoms with Gasteiger partial charge >= 0.3 is 0 Å². The molecule has 1 atom stereocenters. The molecule has 4 rings (SSSR count). The second-order valence-corrected chi connectivity index (χ2v) is 12.2. The summed E-state index contributed by atoms with van der Waals surface area (Å²) in [5.74, 6) is 0.676. The van der Waals surface area contributed by atoms with Gasteiger partial charge in [-0.3, -0.25) is 19.1 Å². The summed E-state index contributed by atoms with van der Waals surface area (Å²) in [4.78, 5) is 33.3. The van der Waals surface area contributed by atoms with Crippen LogP contribution in [0.25, 0.3) is 6.08 Å². The minimum Gasteiger partial charge on any atom is -0.366 e. The highest BCUT2D eigenvalue weighted by atomic mass is 32.2. The molecule has 2 aliphatic rings. The molecule has 3 heterocycles. The van der Waals surface area contributed by atoms with Gasteiger partial charge in [-0.1, -0.05) is 69.2 Å². The average Bonchev–Trinajstić information content (AvgIpc) is 3.24. The number of benzene rings is 1. The number of thiocarbonyl (C=S) groups is 1. The van der Waals surface area contributed by atoms with Crippen molar-refractivity contribution in [2.75, 3.05) is 42.5 Å². The number of nitrogens with zero attached hydrogens (tertiary/aromatic N) is 5. The molecule has 0 aliphatic carbocycles. The summed E-state index contributed by atoms with van der Waals surface area (Å²) in [5, 5.41) is 9.88. The molecular formula is C31H38FN5O2S2. The molecule has 0 N–H and O–H groups in total. The Kier molecular flexibility index (Phi) is 10.3. The zero-order valence-corrected chi connectivity index (χ0v) is 25.9. The number of unbranched alkanes of at least 4 members (excludes halogenated alkanes) is 1. The Labute approximate surface area is 251 Å². The van der Waals surface area contributed by atoms with Crippen LogP contribution in [0.15, 0.2) is 34.0 Å². The monoisotopic (exact) mass is 595 g/mol. The SMILES string of the molecule is CCCCC(CC)CN1C(=O)C(=Cc2c(C)c(C#N)c(=O)n(CC)c2N2CCN(c3ccccc3F)CC2)SC1=S. The second-order valence-electron chi connectivity index (χ2n) is 10.5. The summed E-state index contributed by atoms with van der Waals surface area (Å²) in [6.07, 6.45) is 6.07. The molecule has 2 saturated heterocycles. The van der Waals surface area contributed by atoms with Crippen LogP contribution in [0, 0.1) is 30.0 Å². The lowest BCUT2D eigenvalue weighted by atomic mass is 9.99. The fourth-order valence-corrected chi connectivity index (χ4v) is 6.87. The third kappa shape index (κ3) is 6.36. The number of aromatic nitrogens is 1. The van der Waals surface area contributed by atoms with Gasteiger partial charge in [0.2, 0.25) is 0 Å². The zero-order valence-electron chi connectivity index (χ0n) is 24.3. The summed E-state index contributed by atoms with van der Waals surface area (Å²) in [5.41, 5.74) is 1.52. The molecule has 0 bridgehead atoms. The van der Waals surface area contributed by atoms with Crippen molar-refractivity contribution >= 4 is 51.8 Å². The maximum Gasteiger partial charge on any atom is 0.270 e. The Balaban J connectivity index is 1.71. The molecule has 0 spiro atoms. The van der Waals surface area contributed by atoms with Crippen LogP contribution in [-0.4, -0.2) is 52.4 Å². The number of nitriles is 1. The van der Waals surface area contributed by atoms with E-state index in [9.17, 15) is 19.2 Å². The number of para-hydroxylation sites is 1. The molecule has 7 nitrogen and oxygen atoms in total. The normalized spacial score (nSPS) is 17.5. The van der Waals surface area contributed by atoms with Gasteiger partial charge in [-0.25, -0.2) is 4.39 Å². The van der Waals surface area contributed by atoms with Crippen LogP contribution in [0.2, 0.25) is 0 Å².